The number of aliphatic hydroxyl groups is 2. The number of nitrogens with zero attached hydrogens (tertiary/aromatic N) is 4. The van der Waals surface area contributed by atoms with Crippen molar-refractivity contribution in [1.82, 2.24) is 14.5 Å². The second kappa shape index (κ2) is 7.81. The first kappa shape index (κ1) is 20.5. The van der Waals surface area contributed by atoms with E-state index in [1.807, 2.05) is 32.6 Å². The largest absolute Gasteiger partial charge is 0.388 e. The lowest BCUT2D eigenvalue weighted by molar-refractivity contribution is -0.0355. The first-order valence-corrected chi connectivity index (χ1v) is 8.68. The van der Waals surface area contributed by atoms with Crippen LogP contribution in [0.2, 0.25) is 0 Å². The zero-order chi connectivity index (χ0) is 19.8. The topological polar surface area (TPSA) is 100 Å². The van der Waals surface area contributed by atoms with Gasteiger partial charge in [0.15, 0.2) is 17.9 Å². The summed E-state index contributed by atoms with van der Waals surface area (Å²) in [6.07, 6.45) is -3.50. The normalized spacial score (nSPS) is 26.8. The lowest BCUT2D eigenvalue weighted by atomic mass is 10.1. The molecule has 26 heavy (non-hydrogen) atoms. The molecule has 0 saturated carbocycles. The Bertz CT molecular complexity index is 726. The summed E-state index contributed by atoms with van der Waals surface area (Å²) >= 11 is 0. The van der Waals surface area contributed by atoms with E-state index < -0.39 is 36.0 Å². The molecule has 0 radical (unpaired) electrons. The SMILES string of the molecule is CC(=Nc1nc(=O)n([C@@H]2O[C@H](C)[C@@H](O)[C@H]2O)cc1F)N(C(C)C)C(C)C. The van der Waals surface area contributed by atoms with E-state index in [1.165, 1.54) is 0 Å². The van der Waals surface area contributed by atoms with Crippen LogP contribution in [0.5, 0.6) is 0 Å². The van der Waals surface area contributed by atoms with Gasteiger partial charge in [-0.25, -0.2) is 14.2 Å². The zero-order valence-corrected chi connectivity index (χ0v) is 15.9. The number of hydrogen-bond donors (Lipinski definition) is 2. The molecule has 1 aromatic heterocycles. The van der Waals surface area contributed by atoms with Gasteiger partial charge in [0.1, 0.15) is 18.0 Å². The van der Waals surface area contributed by atoms with Crippen LogP contribution in [0.15, 0.2) is 16.0 Å². The van der Waals surface area contributed by atoms with Gasteiger partial charge in [-0.3, -0.25) is 4.57 Å². The van der Waals surface area contributed by atoms with Crippen molar-refractivity contribution in [2.75, 3.05) is 0 Å². The van der Waals surface area contributed by atoms with Crippen LogP contribution in [0.1, 0.15) is 47.8 Å². The zero-order valence-electron chi connectivity index (χ0n) is 15.9. The molecule has 1 saturated heterocycles. The third-order valence-electron chi connectivity index (χ3n) is 4.39. The second-order valence-corrected chi connectivity index (χ2v) is 7.07. The Hall–Kier alpha value is -1.84. The van der Waals surface area contributed by atoms with Crippen molar-refractivity contribution in [3.8, 4) is 0 Å². The van der Waals surface area contributed by atoms with Gasteiger partial charge in [-0.15, -0.1) is 0 Å². The van der Waals surface area contributed by atoms with Crippen LogP contribution < -0.4 is 5.69 Å². The standard InChI is InChI=1S/C17H27FN4O4/c1-8(2)22(9(3)4)11(6)19-15-12(18)7-21(17(25)20-15)16-14(24)13(23)10(5)26-16/h7-10,13-14,16,23-24H,1-6H3/t10-,13-,14-,16-/m1/s1. The van der Waals surface area contributed by atoms with Crippen LogP contribution in [0.4, 0.5) is 10.2 Å². The minimum Gasteiger partial charge on any atom is -0.388 e. The first-order chi connectivity index (χ1) is 12.0. The molecular weight excluding hydrogens is 343 g/mol. The Morgan fingerprint density at radius 3 is 2.35 bits per heavy atom. The van der Waals surface area contributed by atoms with E-state index >= 15 is 0 Å². The quantitative estimate of drug-likeness (QED) is 0.610. The molecule has 0 spiro atoms. The van der Waals surface area contributed by atoms with Crippen molar-refractivity contribution in [2.45, 2.75) is 78.2 Å². The summed E-state index contributed by atoms with van der Waals surface area (Å²) in [6.45, 7) is 11.3. The van der Waals surface area contributed by atoms with Crippen molar-refractivity contribution >= 4 is 11.7 Å². The molecule has 1 aliphatic rings. The molecule has 8 nitrogen and oxygen atoms in total. The third-order valence-corrected chi connectivity index (χ3v) is 4.39. The number of halogens is 1. The molecule has 2 N–H and O–H groups in total. The lowest BCUT2D eigenvalue weighted by Crippen LogP contribution is -2.40. The molecule has 9 heteroatoms. The highest BCUT2D eigenvalue weighted by Crippen LogP contribution is 2.28. The van der Waals surface area contributed by atoms with Gasteiger partial charge in [-0.2, -0.15) is 4.98 Å². The Kier molecular flexibility index (Phi) is 6.15. The second-order valence-electron chi connectivity index (χ2n) is 7.07. The summed E-state index contributed by atoms with van der Waals surface area (Å²) in [5, 5.41) is 19.8. The molecule has 1 aliphatic heterocycles. The Labute approximate surface area is 152 Å². The highest BCUT2D eigenvalue weighted by molar-refractivity contribution is 5.82. The number of amidine groups is 1. The van der Waals surface area contributed by atoms with Gasteiger partial charge in [-0.05, 0) is 41.5 Å². The van der Waals surface area contributed by atoms with Crippen LogP contribution in [0, 0.1) is 5.82 Å². The lowest BCUT2D eigenvalue weighted by Gasteiger charge is -2.32. The van der Waals surface area contributed by atoms with E-state index in [4.69, 9.17) is 4.74 Å². The summed E-state index contributed by atoms with van der Waals surface area (Å²) < 4.78 is 20.7. The Morgan fingerprint density at radius 1 is 1.31 bits per heavy atom. The number of hydrogen-bond acceptors (Lipinski definition) is 6. The smallest absolute Gasteiger partial charge is 0.352 e. The number of ether oxygens (including phenoxy) is 1. The summed E-state index contributed by atoms with van der Waals surface area (Å²) in [5.41, 5.74) is -0.816. The first-order valence-electron chi connectivity index (χ1n) is 8.68. The summed E-state index contributed by atoms with van der Waals surface area (Å²) in [4.78, 5) is 22.1. The predicted octanol–water partition coefficient (Wildman–Crippen LogP) is 1.19. The van der Waals surface area contributed by atoms with E-state index in [-0.39, 0.29) is 17.9 Å². The van der Waals surface area contributed by atoms with Crippen LogP contribution in [0.25, 0.3) is 0 Å². The molecule has 0 bridgehead atoms. The van der Waals surface area contributed by atoms with Crippen LogP contribution in [0.3, 0.4) is 0 Å². The van der Waals surface area contributed by atoms with E-state index in [0.29, 0.717) is 5.84 Å². The molecule has 4 atom stereocenters. The van der Waals surface area contributed by atoms with Gasteiger partial charge in [0.05, 0.1) is 12.3 Å². The number of aliphatic hydroxyl groups excluding tert-OH is 2. The van der Waals surface area contributed by atoms with E-state index in [2.05, 4.69) is 9.98 Å². The van der Waals surface area contributed by atoms with Gasteiger partial charge in [0.2, 0.25) is 0 Å². The van der Waals surface area contributed by atoms with Crippen LogP contribution in [-0.2, 0) is 4.74 Å². The number of aliphatic imine (C=N–C) groups is 1. The van der Waals surface area contributed by atoms with Crippen molar-refractivity contribution in [3.05, 3.63) is 22.5 Å². The number of aromatic nitrogens is 2. The Balaban J connectivity index is 2.39. The van der Waals surface area contributed by atoms with E-state index in [9.17, 15) is 19.4 Å². The van der Waals surface area contributed by atoms with Crippen LogP contribution in [-0.4, -0.2) is 60.9 Å². The molecule has 2 heterocycles. The maximum atomic E-state index is 14.5. The molecule has 1 fully saturated rings. The maximum Gasteiger partial charge on any atom is 0.352 e. The molecular formula is C17H27FN4O4. The van der Waals surface area contributed by atoms with Gasteiger partial charge < -0.3 is 19.8 Å². The third kappa shape index (κ3) is 3.94. The fraction of sp³-hybridized carbons (Fsp3) is 0.706. The molecule has 2 rings (SSSR count). The molecule has 0 amide bonds. The fourth-order valence-electron chi connectivity index (χ4n) is 3.31. The van der Waals surface area contributed by atoms with Crippen molar-refractivity contribution in [3.63, 3.8) is 0 Å². The van der Waals surface area contributed by atoms with Gasteiger partial charge in [0.25, 0.3) is 0 Å². The van der Waals surface area contributed by atoms with Crippen molar-refractivity contribution in [2.24, 2.45) is 4.99 Å². The molecule has 0 unspecified atom stereocenters. The minimum atomic E-state index is -1.35. The Morgan fingerprint density at radius 2 is 1.88 bits per heavy atom. The van der Waals surface area contributed by atoms with E-state index in [1.54, 1.807) is 13.8 Å². The summed E-state index contributed by atoms with van der Waals surface area (Å²) in [7, 11) is 0. The van der Waals surface area contributed by atoms with Gasteiger partial charge >= 0.3 is 5.69 Å². The van der Waals surface area contributed by atoms with Crippen LogP contribution >= 0.6 is 0 Å². The summed E-state index contributed by atoms with van der Waals surface area (Å²) in [5.74, 6) is -0.600. The molecule has 0 aliphatic carbocycles. The average Bonchev–Trinajstić information content (AvgIpc) is 2.77. The monoisotopic (exact) mass is 370 g/mol. The highest BCUT2D eigenvalue weighted by Gasteiger charge is 2.42. The van der Waals surface area contributed by atoms with Gasteiger partial charge in [0, 0.05) is 12.1 Å². The predicted molar refractivity (Wildman–Crippen MR) is 94.9 cm³/mol. The maximum absolute atomic E-state index is 14.5. The molecule has 0 aromatic carbocycles. The van der Waals surface area contributed by atoms with Crippen molar-refractivity contribution < 1.29 is 19.3 Å². The minimum absolute atomic E-state index is 0.146. The van der Waals surface area contributed by atoms with E-state index in [0.717, 1.165) is 10.8 Å². The van der Waals surface area contributed by atoms with Crippen molar-refractivity contribution in [1.29, 1.82) is 0 Å². The fourth-order valence-corrected chi connectivity index (χ4v) is 3.31. The number of rotatable bonds is 4. The van der Waals surface area contributed by atoms with Gasteiger partial charge in [-0.1, -0.05) is 0 Å². The molecule has 146 valence electrons. The summed E-state index contributed by atoms with van der Waals surface area (Å²) in [6, 6.07) is 0.291. The highest BCUT2D eigenvalue weighted by atomic mass is 19.1. The average molecular weight is 370 g/mol. The molecule has 1 aromatic rings.